The highest BCUT2D eigenvalue weighted by Crippen LogP contribution is 2.19. The Morgan fingerprint density at radius 1 is 1.10 bits per heavy atom. The van der Waals surface area contributed by atoms with Crippen LogP contribution >= 0.6 is 23.4 Å². The van der Waals surface area contributed by atoms with Crippen LogP contribution in [-0.4, -0.2) is 12.2 Å². The van der Waals surface area contributed by atoms with Crippen molar-refractivity contribution in [3.05, 3.63) is 64.7 Å². The second-order valence-electron chi connectivity index (χ2n) is 4.48. The molecular weight excluding hydrogens is 290 g/mol. The van der Waals surface area contributed by atoms with Crippen molar-refractivity contribution in [2.24, 2.45) is 0 Å². The number of thioether (sulfide) groups is 1. The van der Waals surface area contributed by atoms with Gasteiger partial charge in [0, 0.05) is 15.5 Å². The molecule has 0 fully saturated rings. The topological polar surface area (TPSA) is 29.1 Å². The number of carbonyl (C=O) groups excluding carboxylic acids is 1. The smallest absolute Gasteiger partial charge is 0.251 e. The summed E-state index contributed by atoms with van der Waals surface area (Å²) in [5.74, 6) is -0.0943. The quantitative estimate of drug-likeness (QED) is 0.839. The molecule has 0 spiro atoms. The van der Waals surface area contributed by atoms with Gasteiger partial charge < -0.3 is 5.32 Å². The number of hydrogen-bond donors (Lipinski definition) is 1. The third-order valence-electron chi connectivity index (χ3n) is 3.07. The van der Waals surface area contributed by atoms with Crippen molar-refractivity contribution in [1.29, 1.82) is 0 Å². The summed E-state index contributed by atoms with van der Waals surface area (Å²) in [4.78, 5) is 13.3. The SMILES string of the molecule is CSc1ccc([C@H](C)NC(=O)c2ccc(Cl)cc2)cc1. The molecule has 0 heterocycles. The number of halogens is 1. The summed E-state index contributed by atoms with van der Waals surface area (Å²) in [6, 6.07) is 15.0. The van der Waals surface area contributed by atoms with Crippen LogP contribution in [0.25, 0.3) is 0 Å². The molecule has 2 aromatic rings. The maximum Gasteiger partial charge on any atom is 0.251 e. The van der Waals surface area contributed by atoms with Crippen LogP contribution in [-0.2, 0) is 0 Å². The van der Waals surface area contributed by atoms with Crippen LogP contribution in [0.2, 0.25) is 5.02 Å². The van der Waals surface area contributed by atoms with Gasteiger partial charge in [-0.05, 0) is 55.1 Å². The lowest BCUT2D eigenvalue weighted by atomic mass is 10.1. The summed E-state index contributed by atoms with van der Waals surface area (Å²) in [5.41, 5.74) is 1.70. The summed E-state index contributed by atoms with van der Waals surface area (Å²) in [6.07, 6.45) is 2.04. The Morgan fingerprint density at radius 2 is 1.70 bits per heavy atom. The second-order valence-corrected chi connectivity index (χ2v) is 5.79. The van der Waals surface area contributed by atoms with Crippen molar-refractivity contribution in [3.63, 3.8) is 0 Å². The van der Waals surface area contributed by atoms with Crippen LogP contribution < -0.4 is 5.32 Å². The van der Waals surface area contributed by atoms with Crippen molar-refractivity contribution in [2.75, 3.05) is 6.26 Å². The Bertz CT molecular complexity index is 580. The van der Waals surface area contributed by atoms with Gasteiger partial charge in [-0.15, -0.1) is 11.8 Å². The lowest BCUT2D eigenvalue weighted by Gasteiger charge is -2.14. The van der Waals surface area contributed by atoms with Crippen LogP contribution in [0.1, 0.15) is 28.9 Å². The van der Waals surface area contributed by atoms with Crippen molar-refractivity contribution in [3.8, 4) is 0 Å². The van der Waals surface area contributed by atoms with Crippen LogP contribution in [0.15, 0.2) is 53.4 Å². The Balaban J connectivity index is 2.04. The molecule has 104 valence electrons. The molecule has 2 rings (SSSR count). The fraction of sp³-hybridized carbons (Fsp3) is 0.188. The predicted octanol–water partition coefficient (Wildman–Crippen LogP) is 4.55. The standard InChI is InChI=1S/C16H16ClNOS/c1-11(12-5-9-15(20-2)10-6-12)18-16(19)13-3-7-14(17)8-4-13/h3-11H,1-2H3,(H,18,19)/t11-/m0/s1. The van der Waals surface area contributed by atoms with Crippen molar-refractivity contribution >= 4 is 29.3 Å². The van der Waals surface area contributed by atoms with Gasteiger partial charge in [-0.2, -0.15) is 0 Å². The monoisotopic (exact) mass is 305 g/mol. The molecular formula is C16H16ClNOS. The zero-order chi connectivity index (χ0) is 14.5. The van der Waals surface area contributed by atoms with Gasteiger partial charge in [0.05, 0.1) is 6.04 Å². The molecule has 0 saturated heterocycles. The van der Waals surface area contributed by atoms with E-state index in [0.29, 0.717) is 10.6 Å². The predicted molar refractivity (Wildman–Crippen MR) is 85.6 cm³/mol. The first kappa shape index (κ1) is 14.9. The van der Waals surface area contributed by atoms with Crippen molar-refractivity contribution in [2.45, 2.75) is 17.9 Å². The molecule has 0 bridgehead atoms. The first-order chi connectivity index (χ1) is 9.60. The van der Waals surface area contributed by atoms with Crippen LogP contribution in [0.3, 0.4) is 0 Å². The minimum absolute atomic E-state index is 0.0333. The molecule has 0 unspecified atom stereocenters. The molecule has 1 atom stereocenters. The van der Waals surface area contributed by atoms with E-state index in [-0.39, 0.29) is 11.9 Å². The van der Waals surface area contributed by atoms with E-state index in [1.165, 1.54) is 4.90 Å². The van der Waals surface area contributed by atoms with E-state index in [0.717, 1.165) is 5.56 Å². The Kier molecular flexibility index (Phi) is 5.10. The minimum Gasteiger partial charge on any atom is -0.346 e. The molecule has 0 aliphatic carbocycles. The highest BCUT2D eigenvalue weighted by Gasteiger charge is 2.11. The molecule has 0 saturated carbocycles. The number of carbonyl (C=O) groups is 1. The van der Waals surface area contributed by atoms with E-state index in [1.807, 2.05) is 25.3 Å². The zero-order valence-corrected chi connectivity index (χ0v) is 13.0. The zero-order valence-electron chi connectivity index (χ0n) is 11.4. The van der Waals surface area contributed by atoms with E-state index in [4.69, 9.17) is 11.6 Å². The fourth-order valence-corrected chi connectivity index (χ4v) is 2.39. The van der Waals surface area contributed by atoms with Gasteiger partial charge in [-0.25, -0.2) is 0 Å². The highest BCUT2D eigenvalue weighted by molar-refractivity contribution is 7.98. The molecule has 0 radical (unpaired) electrons. The van der Waals surface area contributed by atoms with Crippen LogP contribution in [0.5, 0.6) is 0 Å². The Morgan fingerprint density at radius 3 is 2.25 bits per heavy atom. The number of nitrogens with one attached hydrogen (secondary N) is 1. The number of benzene rings is 2. The van der Waals surface area contributed by atoms with Crippen molar-refractivity contribution in [1.82, 2.24) is 5.32 Å². The van der Waals surface area contributed by atoms with Gasteiger partial charge in [-0.1, -0.05) is 23.7 Å². The fourth-order valence-electron chi connectivity index (χ4n) is 1.86. The molecule has 2 aromatic carbocycles. The maximum absolute atomic E-state index is 12.1. The van der Waals surface area contributed by atoms with Crippen molar-refractivity contribution < 1.29 is 4.79 Å². The summed E-state index contributed by atoms with van der Waals surface area (Å²) >= 11 is 7.51. The molecule has 0 aliphatic heterocycles. The van der Waals surface area contributed by atoms with Gasteiger partial charge in [0.25, 0.3) is 5.91 Å². The van der Waals surface area contributed by atoms with Gasteiger partial charge in [0.15, 0.2) is 0 Å². The first-order valence-corrected chi connectivity index (χ1v) is 7.91. The van der Waals surface area contributed by atoms with Gasteiger partial charge in [0.2, 0.25) is 0 Å². The summed E-state index contributed by atoms with van der Waals surface area (Å²) in [7, 11) is 0. The molecule has 4 heteroatoms. The van der Waals surface area contributed by atoms with Gasteiger partial charge in [0.1, 0.15) is 0 Å². The molecule has 2 nitrogen and oxygen atoms in total. The third kappa shape index (κ3) is 3.78. The summed E-state index contributed by atoms with van der Waals surface area (Å²) in [5, 5.41) is 3.61. The van der Waals surface area contributed by atoms with Crippen LogP contribution in [0, 0.1) is 0 Å². The average Bonchev–Trinajstić information content (AvgIpc) is 2.48. The van der Waals surface area contributed by atoms with Gasteiger partial charge in [-0.3, -0.25) is 4.79 Å². The number of amides is 1. The Hall–Kier alpha value is -1.45. The molecule has 0 aromatic heterocycles. The second kappa shape index (κ2) is 6.82. The molecule has 20 heavy (non-hydrogen) atoms. The van der Waals surface area contributed by atoms with E-state index in [2.05, 4.69) is 17.4 Å². The van der Waals surface area contributed by atoms with E-state index in [1.54, 1.807) is 36.0 Å². The lowest BCUT2D eigenvalue weighted by molar-refractivity contribution is 0.0940. The van der Waals surface area contributed by atoms with Crippen LogP contribution in [0.4, 0.5) is 0 Å². The largest absolute Gasteiger partial charge is 0.346 e. The molecule has 1 N–H and O–H groups in total. The Labute approximate surface area is 128 Å². The lowest BCUT2D eigenvalue weighted by Crippen LogP contribution is -2.26. The van der Waals surface area contributed by atoms with E-state index in [9.17, 15) is 4.79 Å². The van der Waals surface area contributed by atoms with E-state index >= 15 is 0 Å². The first-order valence-electron chi connectivity index (χ1n) is 6.30. The molecule has 0 aliphatic rings. The van der Waals surface area contributed by atoms with E-state index < -0.39 is 0 Å². The number of hydrogen-bond acceptors (Lipinski definition) is 2. The third-order valence-corrected chi connectivity index (χ3v) is 4.07. The minimum atomic E-state index is -0.0943. The summed E-state index contributed by atoms with van der Waals surface area (Å²) < 4.78 is 0. The van der Waals surface area contributed by atoms with Gasteiger partial charge >= 0.3 is 0 Å². The highest BCUT2D eigenvalue weighted by atomic mass is 35.5. The average molecular weight is 306 g/mol. The maximum atomic E-state index is 12.1. The number of rotatable bonds is 4. The normalized spacial score (nSPS) is 11.9. The molecule has 1 amide bonds. The summed E-state index contributed by atoms with van der Waals surface area (Å²) in [6.45, 7) is 1.97.